The van der Waals surface area contributed by atoms with Crippen molar-refractivity contribution in [1.82, 2.24) is 5.32 Å². The Bertz CT molecular complexity index is 1240. The van der Waals surface area contributed by atoms with Crippen molar-refractivity contribution in [3.8, 4) is 16.9 Å². The predicted molar refractivity (Wildman–Crippen MR) is 128 cm³/mol. The van der Waals surface area contributed by atoms with Crippen molar-refractivity contribution in [3.05, 3.63) is 94.7 Å². The number of carbonyl (C=O) groups excluding carboxylic acids is 1. The molecule has 0 saturated heterocycles. The molecule has 3 aromatic carbocycles. The molecule has 156 valence electrons. The number of methoxy groups -OCH3 is 1. The number of hydrogen-bond acceptors (Lipinski definition) is 3. The molecule has 0 radical (unpaired) electrons. The number of rotatable bonds is 6. The van der Waals surface area contributed by atoms with Crippen molar-refractivity contribution in [2.45, 2.75) is 13.5 Å². The Hall–Kier alpha value is -3.31. The van der Waals surface area contributed by atoms with Crippen LogP contribution in [0.25, 0.3) is 27.7 Å². The number of fused-ring (bicyclic) bond motifs is 1. The van der Waals surface area contributed by atoms with Gasteiger partial charge in [-0.25, -0.2) is 0 Å². The fraction of sp³-hybridized carbons (Fsp3) is 0.115. The first-order valence-electron chi connectivity index (χ1n) is 9.91. The molecule has 0 saturated carbocycles. The zero-order valence-corrected chi connectivity index (χ0v) is 18.9. The summed E-state index contributed by atoms with van der Waals surface area (Å²) < 4.78 is 12.4. The molecule has 0 aliphatic carbocycles. The molecule has 0 bridgehead atoms. The summed E-state index contributed by atoms with van der Waals surface area (Å²) in [6.45, 7) is 2.39. The highest BCUT2D eigenvalue weighted by molar-refractivity contribution is 9.10. The first kappa shape index (κ1) is 20.9. The molecular formula is C26H22BrNO3. The number of carbonyl (C=O) groups is 1. The summed E-state index contributed by atoms with van der Waals surface area (Å²) in [6.07, 6.45) is 3.36. The lowest BCUT2D eigenvalue weighted by atomic mass is 9.99. The summed E-state index contributed by atoms with van der Waals surface area (Å²) in [5, 5.41) is 3.90. The van der Waals surface area contributed by atoms with Gasteiger partial charge in [0.2, 0.25) is 5.91 Å². The van der Waals surface area contributed by atoms with Gasteiger partial charge in [-0.15, -0.1) is 0 Å². The zero-order chi connectivity index (χ0) is 21.8. The monoisotopic (exact) mass is 475 g/mol. The Balaban J connectivity index is 1.65. The van der Waals surface area contributed by atoms with Gasteiger partial charge in [-0.3, -0.25) is 4.79 Å². The summed E-state index contributed by atoms with van der Waals surface area (Å²) in [5.41, 5.74) is 5.50. The molecule has 0 aliphatic rings. The third-order valence-corrected chi connectivity index (χ3v) is 5.66. The number of ether oxygens (including phenoxy) is 1. The largest absolute Gasteiger partial charge is 0.496 e. The molecule has 5 heteroatoms. The number of hydrogen-bond donors (Lipinski definition) is 1. The molecule has 4 rings (SSSR count). The molecule has 0 aliphatic heterocycles. The van der Waals surface area contributed by atoms with Crippen LogP contribution in [0.1, 0.15) is 18.1 Å². The van der Waals surface area contributed by atoms with E-state index in [0.717, 1.165) is 43.3 Å². The maximum atomic E-state index is 12.5. The minimum atomic E-state index is -0.149. The summed E-state index contributed by atoms with van der Waals surface area (Å²) in [4.78, 5) is 12.5. The summed E-state index contributed by atoms with van der Waals surface area (Å²) >= 11 is 3.47. The van der Waals surface area contributed by atoms with Gasteiger partial charge in [0.15, 0.2) is 0 Å². The maximum absolute atomic E-state index is 12.5. The zero-order valence-electron chi connectivity index (χ0n) is 17.3. The second-order valence-electron chi connectivity index (χ2n) is 7.24. The molecule has 31 heavy (non-hydrogen) atoms. The molecule has 1 aromatic heterocycles. The number of furan rings is 1. The van der Waals surface area contributed by atoms with E-state index in [1.165, 1.54) is 0 Å². The number of amides is 1. The lowest BCUT2D eigenvalue weighted by Gasteiger charge is -2.10. The minimum absolute atomic E-state index is 0.149. The van der Waals surface area contributed by atoms with Gasteiger partial charge in [-0.2, -0.15) is 0 Å². The van der Waals surface area contributed by atoms with E-state index >= 15 is 0 Å². The molecule has 0 atom stereocenters. The number of allylic oxidation sites excluding steroid dienone is 1. The SMILES string of the molecule is COc1cc2occ(-c3ccc(Br)cc3)c2cc1/C(C)=C/C(=O)NCc1ccccc1. The first-order valence-corrected chi connectivity index (χ1v) is 10.7. The van der Waals surface area contributed by atoms with Gasteiger partial charge in [-0.1, -0.05) is 58.4 Å². The third kappa shape index (κ3) is 4.72. The van der Waals surface area contributed by atoms with E-state index in [2.05, 4.69) is 21.2 Å². The fourth-order valence-corrected chi connectivity index (χ4v) is 3.76. The lowest BCUT2D eigenvalue weighted by molar-refractivity contribution is -0.116. The molecular weight excluding hydrogens is 454 g/mol. The van der Waals surface area contributed by atoms with Crippen LogP contribution in [0.3, 0.4) is 0 Å². The topological polar surface area (TPSA) is 51.5 Å². The van der Waals surface area contributed by atoms with Crippen molar-refractivity contribution in [2.75, 3.05) is 7.11 Å². The van der Waals surface area contributed by atoms with Crippen molar-refractivity contribution >= 4 is 38.4 Å². The van der Waals surface area contributed by atoms with Gasteiger partial charge in [0.25, 0.3) is 0 Å². The Labute approximate surface area is 189 Å². The van der Waals surface area contributed by atoms with Crippen molar-refractivity contribution < 1.29 is 13.9 Å². The molecule has 1 amide bonds. The molecule has 4 nitrogen and oxygen atoms in total. The fourth-order valence-electron chi connectivity index (χ4n) is 3.50. The van der Waals surface area contributed by atoms with Crippen molar-refractivity contribution in [2.24, 2.45) is 0 Å². The van der Waals surface area contributed by atoms with Crippen LogP contribution >= 0.6 is 15.9 Å². The van der Waals surface area contributed by atoms with Gasteiger partial charge in [0, 0.05) is 39.7 Å². The number of halogens is 1. The highest BCUT2D eigenvalue weighted by atomic mass is 79.9. The highest BCUT2D eigenvalue weighted by Gasteiger charge is 2.15. The Kier molecular flexibility index (Phi) is 6.23. The Morgan fingerprint density at radius 3 is 2.55 bits per heavy atom. The first-order chi connectivity index (χ1) is 15.0. The minimum Gasteiger partial charge on any atom is -0.496 e. The molecule has 4 aromatic rings. The van der Waals surface area contributed by atoms with E-state index in [-0.39, 0.29) is 5.91 Å². The van der Waals surface area contributed by atoms with Crippen LogP contribution in [0.5, 0.6) is 5.75 Å². The van der Waals surface area contributed by atoms with E-state index in [9.17, 15) is 4.79 Å². The van der Waals surface area contributed by atoms with E-state index in [0.29, 0.717) is 12.3 Å². The Morgan fingerprint density at radius 1 is 1.10 bits per heavy atom. The van der Waals surface area contributed by atoms with Gasteiger partial charge < -0.3 is 14.5 Å². The molecule has 0 unspecified atom stereocenters. The number of benzene rings is 3. The van der Waals surface area contributed by atoms with E-state index in [1.807, 2.05) is 73.7 Å². The highest BCUT2D eigenvalue weighted by Crippen LogP contribution is 2.37. The molecule has 1 N–H and O–H groups in total. The van der Waals surface area contributed by atoms with Gasteiger partial charge >= 0.3 is 0 Å². The van der Waals surface area contributed by atoms with Gasteiger partial charge in [0.05, 0.1) is 13.4 Å². The van der Waals surface area contributed by atoms with Crippen LogP contribution in [0, 0.1) is 0 Å². The van der Waals surface area contributed by atoms with Crippen LogP contribution in [0.2, 0.25) is 0 Å². The van der Waals surface area contributed by atoms with E-state index in [1.54, 1.807) is 19.4 Å². The smallest absolute Gasteiger partial charge is 0.244 e. The van der Waals surface area contributed by atoms with Gasteiger partial charge in [-0.05, 0) is 41.8 Å². The standard InChI is InChI=1S/C26H22BrNO3/c1-17(12-26(29)28-15-18-6-4-3-5-7-18)21-13-22-23(19-8-10-20(27)11-9-19)16-31-25(22)14-24(21)30-2/h3-14,16H,15H2,1-2H3,(H,28,29)/b17-12+. The van der Waals surface area contributed by atoms with Crippen LogP contribution in [0.4, 0.5) is 0 Å². The van der Waals surface area contributed by atoms with Crippen molar-refractivity contribution in [3.63, 3.8) is 0 Å². The van der Waals surface area contributed by atoms with Crippen LogP contribution in [-0.4, -0.2) is 13.0 Å². The third-order valence-electron chi connectivity index (χ3n) is 5.13. The van der Waals surface area contributed by atoms with Crippen LogP contribution in [0.15, 0.2) is 88.0 Å². The maximum Gasteiger partial charge on any atom is 0.244 e. The van der Waals surface area contributed by atoms with Gasteiger partial charge in [0.1, 0.15) is 11.3 Å². The summed E-state index contributed by atoms with van der Waals surface area (Å²) in [7, 11) is 1.62. The lowest BCUT2D eigenvalue weighted by Crippen LogP contribution is -2.20. The normalized spacial score (nSPS) is 11.5. The summed E-state index contributed by atoms with van der Waals surface area (Å²) in [6, 6.07) is 21.8. The van der Waals surface area contributed by atoms with E-state index in [4.69, 9.17) is 9.15 Å². The molecule has 0 spiro atoms. The van der Waals surface area contributed by atoms with E-state index < -0.39 is 0 Å². The molecule has 0 fully saturated rings. The average molecular weight is 476 g/mol. The predicted octanol–water partition coefficient (Wildman–Crippen LogP) is 6.59. The van der Waals surface area contributed by atoms with Crippen LogP contribution < -0.4 is 10.1 Å². The Morgan fingerprint density at radius 2 is 1.84 bits per heavy atom. The summed E-state index contributed by atoms with van der Waals surface area (Å²) in [5.74, 6) is 0.512. The molecule has 1 heterocycles. The average Bonchev–Trinajstić information content (AvgIpc) is 3.21. The second kappa shape index (κ2) is 9.23. The second-order valence-corrected chi connectivity index (χ2v) is 8.15. The van der Waals surface area contributed by atoms with Crippen LogP contribution in [-0.2, 0) is 11.3 Å². The quantitative estimate of drug-likeness (QED) is 0.320. The number of nitrogens with one attached hydrogen (secondary N) is 1. The van der Waals surface area contributed by atoms with Crippen molar-refractivity contribution in [1.29, 1.82) is 0 Å².